The molecule has 0 spiro atoms. The predicted molar refractivity (Wildman–Crippen MR) is 149 cm³/mol. The summed E-state index contributed by atoms with van der Waals surface area (Å²) in [5.74, 6) is 0. The molecule has 39 heavy (non-hydrogen) atoms. The van der Waals surface area contributed by atoms with Crippen molar-refractivity contribution < 1.29 is 13.2 Å². The van der Waals surface area contributed by atoms with Crippen molar-refractivity contribution in [3.05, 3.63) is 101 Å². The first-order valence-electron chi connectivity index (χ1n) is 12.4. The highest BCUT2D eigenvalue weighted by Crippen LogP contribution is 2.31. The standard InChI is InChI=1S/C30H29F3N6/c1-4-22(23-10-5-6-15-39(19-23)16-8-9-21(3)34)17-27-20(2)13-14-25(36-27)24-18-35-38-29(24)26-11-7-12-28(37-26)30(31,32)33/h4-7,10-15,17-19,34H,2,8-9,16H2,1,3H3,(H,35,38)/b22-4+,27-17+,34-21?. The van der Waals surface area contributed by atoms with Crippen molar-refractivity contribution in [1.82, 2.24) is 25.1 Å². The van der Waals surface area contributed by atoms with E-state index in [1.54, 1.807) is 6.07 Å². The summed E-state index contributed by atoms with van der Waals surface area (Å²) in [6.45, 7) is 8.67. The normalized spacial score (nSPS) is 14.5. The summed E-state index contributed by atoms with van der Waals surface area (Å²) in [5, 5.41) is 15.8. The lowest BCUT2D eigenvalue weighted by atomic mass is 10.0. The number of hydrogen-bond acceptors (Lipinski definition) is 5. The fourth-order valence-corrected chi connectivity index (χ4v) is 4.09. The zero-order valence-electron chi connectivity index (χ0n) is 21.8. The molecule has 0 saturated carbocycles. The molecule has 3 aromatic rings. The molecular weight excluding hydrogens is 501 g/mol. The molecule has 4 heterocycles. The Morgan fingerprint density at radius 2 is 1.95 bits per heavy atom. The number of pyridine rings is 2. The van der Waals surface area contributed by atoms with E-state index in [9.17, 15) is 13.2 Å². The van der Waals surface area contributed by atoms with E-state index in [0.29, 0.717) is 33.2 Å². The maximum absolute atomic E-state index is 13.2. The Morgan fingerprint density at radius 3 is 2.69 bits per heavy atom. The van der Waals surface area contributed by atoms with Gasteiger partial charge >= 0.3 is 6.18 Å². The van der Waals surface area contributed by atoms with Gasteiger partial charge in [-0.2, -0.15) is 18.3 Å². The second-order valence-corrected chi connectivity index (χ2v) is 9.10. The van der Waals surface area contributed by atoms with Crippen molar-refractivity contribution in [3.8, 4) is 22.6 Å². The van der Waals surface area contributed by atoms with Crippen LogP contribution >= 0.6 is 0 Å². The maximum Gasteiger partial charge on any atom is 0.433 e. The smallest absolute Gasteiger partial charge is 0.354 e. The fourth-order valence-electron chi connectivity index (χ4n) is 4.09. The number of hydrogen-bond donors (Lipinski definition) is 2. The van der Waals surface area contributed by atoms with Crippen molar-refractivity contribution >= 4 is 18.4 Å². The lowest BCUT2D eigenvalue weighted by Crippen LogP contribution is -2.27. The van der Waals surface area contributed by atoms with E-state index >= 15 is 0 Å². The van der Waals surface area contributed by atoms with Gasteiger partial charge in [-0.25, -0.2) is 9.97 Å². The molecule has 0 aliphatic carbocycles. The minimum absolute atomic E-state index is 0.122. The number of nitrogens with zero attached hydrogens (tertiary/aromatic N) is 4. The quantitative estimate of drug-likeness (QED) is 0.362. The molecule has 1 aliphatic rings. The van der Waals surface area contributed by atoms with Gasteiger partial charge in [-0.05, 0) is 73.4 Å². The van der Waals surface area contributed by atoms with Crippen molar-refractivity contribution in [1.29, 1.82) is 5.41 Å². The summed E-state index contributed by atoms with van der Waals surface area (Å²) in [4.78, 5) is 10.7. The number of rotatable bonds is 8. The topological polar surface area (TPSA) is 81.6 Å². The van der Waals surface area contributed by atoms with Crippen LogP contribution in [0.5, 0.6) is 0 Å². The Balaban J connectivity index is 1.69. The molecule has 200 valence electrons. The number of allylic oxidation sites excluding steroid dienone is 6. The van der Waals surface area contributed by atoms with Crippen LogP contribution in [-0.2, 0) is 6.18 Å². The fraction of sp³-hybridized carbons (Fsp3) is 0.200. The van der Waals surface area contributed by atoms with E-state index in [2.05, 4.69) is 32.9 Å². The van der Waals surface area contributed by atoms with Gasteiger partial charge in [0.1, 0.15) is 5.69 Å². The zero-order valence-corrected chi connectivity index (χ0v) is 21.8. The molecule has 6 nitrogen and oxygen atoms in total. The lowest BCUT2D eigenvalue weighted by molar-refractivity contribution is -0.141. The van der Waals surface area contributed by atoms with Gasteiger partial charge in [0.15, 0.2) is 0 Å². The second-order valence-electron chi connectivity index (χ2n) is 9.10. The van der Waals surface area contributed by atoms with Gasteiger partial charge < -0.3 is 10.3 Å². The molecule has 0 aromatic carbocycles. The molecule has 0 bridgehead atoms. The average Bonchev–Trinajstić information content (AvgIpc) is 3.27. The molecule has 1 aliphatic heterocycles. The van der Waals surface area contributed by atoms with Crippen molar-refractivity contribution in [3.63, 3.8) is 0 Å². The number of nitrogens with one attached hydrogen (secondary N) is 2. The largest absolute Gasteiger partial charge is 0.433 e. The first-order valence-corrected chi connectivity index (χ1v) is 12.4. The summed E-state index contributed by atoms with van der Waals surface area (Å²) < 4.78 is 39.7. The monoisotopic (exact) mass is 530 g/mol. The van der Waals surface area contributed by atoms with Crippen LogP contribution in [0.4, 0.5) is 13.2 Å². The molecule has 0 unspecified atom stereocenters. The van der Waals surface area contributed by atoms with Crippen molar-refractivity contribution in [2.24, 2.45) is 0 Å². The van der Waals surface area contributed by atoms with Crippen LogP contribution in [0.1, 0.15) is 32.4 Å². The van der Waals surface area contributed by atoms with Crippen LogP contribution in [0.3, 0.4) is 0 Å². The van der Waals surface area contributed by atoms with E-state index < -0.39 is 11.9 Å². The third-order valence-corrected chi connectivity index (χ3v) is 6.10. The molecule has 9 heteroatoms. The van der Waals surface area contributed by atoms with Crippen molar-refractivity contribution in [2.75, 3.05) is 6.54 Å². The van der Waals surface area contributed by atoms with Crippen LogP contribution in [-0.4, -0.2) is 37.3 Å². The molecule has 4 rings (SSSR count). The third-order valence-electron chi connectivity index (χ3n) is 6.10. The Bertz CT molecular complexity index is 1590. The summed E-state index contributed by atoms with van der Waals surface area (Å²) in [5.41, 5.74) is 3.14. The number of H-pyrrole nitrogens is 1. The molecule has 0 fully saturated rings. The summed E-state index contributed by atoms with van der Waals surface area (Å²) in [7, 11) is 0. The van der Waals surface area contributed by atoms with E-state index in [4.69, 9.17) is 10.4 Å². The summed E-state index contributed by atoms with van der Waals surface area (Å²) in [6, 6.07) is 7.34. The number of halogens is 3. The van der Waals surface area contributed by atoms with Crippen LogP contribution in [0.2, 0.25) is 0 Å². The second kappa shape index (κ2) is 11.9. The molecular formula is C30H29F3N6. The van der Waals surface area contributed by atoms with Gasteiger partial charge in [0.25, 0.3) is 0 Å². The van der Waals surface area contributed by atoms with Gasteiger partial charge in [0.2, 0.25) is 0 Å². The van der Waals surface area contributed by atoms with E-state index in [0.717, 1.165) is 36.6 Å². The van der Waals surface area contributed by atoms with Crippen LogP contribution in [0.25, 0.3) is 35.3 Å². The van der Waals surface area contributed by atoms with E-state index in [-0.39, 0.29) is 5.69 Å². The van der Waals surface area contributed by atoms with Gasteiger partial charge in [-0.1, -0.05) is 36.9 Å². The Morgan fingerprint density at radius 1 is 1.13 bits per heavy atom. The first-order chi connectivity index (χ1) is 18.7. The highest BCUT2D eigenvalue weighted by molar-refractivity contribution is 5.78. The SMILES string of the molecule is C=c1ccc(-c2cn[nH]c2-c2cccc(C(F)(F)F)n2)n/c1=C/C(=C\C)C1=CN(CCCC(C)=N)C=CC=C1. The Hall–Kier alpha value is -4.53. The first kappa shape index (κ1) is 27.5. The molecule has 0 radical (unpaired) electrons. The molecule has 0 amide bonds. The Kier molecular flexibility index (Phi) is 8.39. The van der Waals surface area contributed by atoms with Crippen LogP contribution < -0.4 is 10.6 Å². The summed E-state index contributed by atoms with van der Waals surface area (Å²) in [6.07, 6.45) is 12.6. The molecule has 3 aromatic heterocycles. The predicted octanol–water partition coefficient (Wildman–Crippen LogP) is 5.78. The average molecular weight is 531 g/mol. The van der Waals surface area contributed by atoms with E-state index in [1.807, 2.05) is 56.5 Å². The minimum Gasteiger partial charge on any atom is -0.354 e. The van der Waals surface area contributed by atoms with Gasteiger partial charge in [-0.15, -0.1) is 0 Å². The molecule has 2 N–H and O–H groups in total. The minimum atomic E-state index is -4.56. The highest BCUT2D eigenvalue weighted by Gasteiger charge is 2.32. The maximum atomic E-state index is 13.2. The van der Waals surface area contributed by atoms with Gasteiger partial charge in [0, 0.05) is 30.2 Å². The van der Waals surface area contributed by atoms with Crippen LogP contribution in [0.15, 0.2) is 84.4 Å². The summed E-state index contributed by atoms with van der Waals surface area (Å²) >= 11 is 0. The third kappa shape index (κ3) is 6.87. The lowest BCUT2D eigenvalue weighted by Gasteiger charge is -2.16. The van der Waals surface area contributed by atoms with Gasteiger partial charge in [0.05, 0.1) is 28.6 Å². The zero-order chi connectivity index (χ0) is 28.0. The number of alkyl halides is 3. The van der Waals surface area contributed by atoms with Crippen LogP contribution in [0, 0.1) is 5.41 Å². The highest BCUT2D eigenvalue weighted by atomic mass is 19.4. The molecule has 0 atom stereocenters. The van der Waals surface area contributed by atoms with Gasteiger partial charge in [-0.3, -0.25) is 5.10 Å². The molecule has 0 saturated heterocycles. The van der Waals surface area contributed by atoms with Crippen molar-refractivity contribution in [2.45, 2.75) is 32.9 Å². The van der Waals surface area contributed by atoms with E-state index in [1.165, 1.54) is 18.3 Å². The number of aromatic nitrogens is 4. The number of aromatic amines is 1. The Labute approximate surface area is 224 Å².